The zero-order valence-corrected chi connectivity index (χ0v) is 19.4. The van der Waals surface area contributed by atoms with E-state index in [1.807, 2.05) is 13.8 Å². The van der Waals surface area contributed by atoms with Gasteiger partial charge in [-0.25, -0.2) is 4.99 Å². The van der Waals surface area contributed by atoms with Crippen molar-refractivity contribution in [2.45, 2.75) is 48.1 Å². The molecule has 0 aromatic heterocycles. The van der Waals surface area contributed by atoms with Gasteiger partial charge in [-0.2, -0.15) is 0 Å². The number of aryl methyl sites for hydroxylation is 4. The molecule has 4 nitrogen and oxygen atoms in total. The number of para-hydroxylation sites is 2. The smallest absolute Gasteiger partial charge is 0.103 e. The van der Waals surface area contributed by atoms with Gasteiger partial charge in [0.25, 0.3) is 0 Å². The van der Waals surface area contributed by atoms with E-state index in [1.165, 1.54) is 22.3 Å². The van der Waals surface area contributed by atoms with Crippen molar-refractivity contribution >= 4 is 28.7 Å². The lowest BCUT2D eigenvalue weighted by Gasteiger charge is -2.12. The van der Waals surface area contributed by atoms with Crippen molar-refractivity contribution in [2.24, 2.45) is 9.98 Å². The van der Waals surface area contributed by atoms with Crippen LogP contribution in [0.3, 0.4) is 0 Å². The molecule has 160 valence electrons. The van der Waals surface area contributed by atoms with Gasteiger partial charge in [0.1, 0.15) is 5.84 Å². The summed E-state index contributed by atoms with van der Waals surface area (Å²) in [5.41, 5.74) is 9.17. The lowest BCUT2D eigenvalue weighted by molar-refractivity contribution is 1.06. The SMILES string of the molecule is CC(=Nc1c(C)cccc1C)Nc1ccc(CN=C(C)Nc2c(C)cccc2C)cc1. The van der Waals surface area contributed by atoms with Gasteiger partial charge >= 0.3 is 0 Å². The van der Waals surface area contributed by atoms with Gasteiger partial charge in [-0.3, -0.25) is 4.99 Å². The predicted molar refractivity (Wildman–Crippen MR) is 135 cm³/mol. The van der Waals surface area contributed by atoms with E-state index in [0.29, 0.717) is 6.54 Å². The maximum absolute atomic E-state index is 4.76. The van der Waals surface area contributed by atoms with Crippen LogP contribution in [0.25, 0.3) is 0 Å². The van der Waals surface area contributed by atoms with Crippen molar-refractivity contribution < 1.29 is 0 Å². The highest BCUT2D eigenvalue weighted by atomic mass is 15.0. The van der Waals surface area contributed by atoms with Crippen molar-refractivity contribution in [3.8, 4) is 0 Å². The molecule has 2 N–H and O–H groups in total. The summed E-state index contributed by atoms with van der Waals surface area (Å²) in [7, 11) is 0. The Morgan fingerprint density at radius 2 is 1.23 bits per heavy atom. The molecule has 0 unspecified atom stereocenters. The van der Waals surface area contributed by atoms with Crippen molar-refractivity contribution in [3.05, 3.63) is 88.5 Å². The summed E-state index contributed by atoms with van der Waals surface area (Å²) >= 11 is 0. The van der Waals surface area contributed by atoms with E-state index in [4.69, 9.17) is 9.98 Å². The lowest BCUT2D eigenvalue weighted by atomic mass is 10.1. The highest BCUT2D eigenvalue weighted by molar-refractivity contribution is 5.96. The fourth-order valence-electron chi connectivity index (χ4n) is 3.52. The second-order valence-corrected chi connectivity index (χ2v) is 8.05. The molecule has 3 aromatic rings. The quantitative estimate of drug-likeness (QED) is 0.346. The summed E-state index contributed by atoms with van der Waals surface area (Å²) in [6.45, 7) is 13.0. The molecule has 31 heavy (non-hydrogen) atoms. The molecule has 3 aromatic carbocycles. The number of aliphatic imine (C=N–C) groups is 2. The number of hydrogen-bond acceptors (Lipinski definition) is 2. The lowest BCUT2D eigenvalue weighted by Crippen LogP contribution is -2.10. The largest absolute Gasteiger partial charge is 0.344 e. The number of rotatable bonds is 5. The molecule has 0 amide bonds. The van der Waals surface area contributed by atoms with E-state index in [2.05, 4.69) is 99.0 Å². The molecular formula is C27H32N4. The first kappa shape index (κ1) is 22.3. The van der Waals surface area contributed by atoms with E-state index in [9.17, 15) is 0 Å². The zero-order valence-electron chi connectivity index (χ0n) is 19.4. The Labute approximate surface area is 186 Å². The summed E-state index contributed by atoms with van der Waals surface area (Å²) in [6.07, 6.45) is 0. The Kier molecular flexibility index (Phi) is 7.24. The summed E-state index contributed by atoms with van der Waals surface area (Å²) in [6, 6.07) is 20.9. The fourth-order valence-corrected chi connectivity index (χ4v) is 3.52. The third kappa shape index (κ3) is 6.05. The molecule has 0 saturated heterocycles. The molecule has 0 spiro atoms. The normalized spacial score (nSPS) is 12.1. The van der Waals surface area contributed by atoms with E-state index < -0.39 is 0 Å². The van der Waals surface area contributed by atoms with Crippen LogP contribution in [0, 0.1) is 27.7 Å². The third-order valence-corrected chi connectivity index (χ3v) is 5.28. The van der Waals surface area contributed by atoms with Crippen molar-refractivity contribution in [2.75, 3.05) is 10.6 Å². The molecule has 0 aliphatic rings. The molecule has 0 fully saturated rings. The van der Waals surface area contributed by atoms with E-state index in [1.54, 1.807) is 0 Å². The van der Waals surface area contributed by atoms with Crippen molar-refractivity contribution in [1.82, 2.24) is 0 Å². The van der Waals surface area contributed by atoms with Crippen LogP contribution in [0.5, 0.6) is 0 Å². The molecule has 0 heterocycles. The van der Waals surface area contributed by atoms with Crippen LogP contribution < -0.4 is 10.6 Å². The Bertz CT molecular complexity index is 1070. The van der Waals surface area contributed by atoms with E-state index >= 15 is 0 Å². The average molecular weight is 413 g/mol. The zero-order chi connectivity index (χ0) is 22.4. The molecule has 3 rings (SSSR count). The second kappa shape index (κ2) is 10.1. The highest BCUT2D eigenvalue weighted by Gasteiger charge is 2.04. The van der Waals surface area contributed by atoms with Gasteiger partial charge in [0.2, 0.25) is 0 Å². The maximum atomic E-state index is 4.76. The maximum Gasteiger partial charge on any atom is 0.103 e. The highest BCUT2D eigenvalue weighted by Crippen LogP contribution is 2.23. The van der Waals surface area contributed by atoms with Crippen molar-refractivity contribution in [1.29, 1.82) is 0 Å². The topological polar surface area (TPSA) is 48.8 Å². The molecule has 0 aliphatic carbocycles. The average Bonchev–Trinajstić information content (AvgIpc) is 2.73. The molecule has 0 saturated carbocycles. The van der Waals surface area contributed by atoms with Crippen LogP contribution in [-0.4, -0.2) is 11.7 Å². The number of nitrogens with one attached hydrogen (secondary N) is 2. The van der Waals surface area contributed by atoms with E-state index in [-0.39, 0.29) is 0 Å². The molecule has 0 aliphatic heterocycles. The van der Waals surface area contributed by atoms with Crippen LogP contribution in [0.1, 0.15) is 41.7 Å². The van der Waals surface area contributed by atoms with Crippen LogP contribution >= 0.6 is 0 Å². The number of hydrogen-bond donors (Lipinski definition) is 2. The Morgan fingerprint density at radius 3 is 1.81 bits per heavy atom. The number of benzene rings is 3. The van der Waals surface area contributed by atoms with Crippen LogP contribution in [0.2, 0.25) is 0 Å². The predicted octanol–water partition coefficient (Wildman–Crippen LogP) is 7.11. The minimum Gasteiger partial charge on any atom is -0.344 e. The van der Waals surface area contributed by atoms with E-state index in [0.717, 1.165) is 34.3 Å². The monoisotopic (exact) mass is 412 g/mol. The van der Waals surface area contributed by atoms with Gasteiger partial charge in [0.05, 0.1) is 18.1 Å². The van der Waals surface area contributed by atoms with Gasteiger partial charge in [-0.15, -0.1) is 0 Å². The fraction of sp³-hybridized carbons (Fsp3) is 0.259. The first-order valence-electron chi connectivity index (χ1n) is 10.7. The Balaban J connectivity index is 1.62. The van der Waals surface area contributed by atoms with Crippen molar-refractivity contribution in [3.63, 3.8) is 0 Å². The molecule has 0 atom stereocenters. The summed E-state index contributed by atoms with van der Waals surface area (Å²) < 4.78 is 0. The van der Waals surface area contributed by atoms with Gasteiger partial charge in [0, 0.05) is 11.4 Å². The van der Waals surface area contributed by atoms with Crippen LogP contribution in [-0.2, 0) is 6.54 Å². The Hall–Kier alpha value is -3.40. The minimum absolute atomic E-state index is 0.638. The van der Waals surface area contributed by atoms with Gasteiger partial charge < -0.3 is 10.6 Å². The Morgan fingerprint density at radius 1 is 0.677 bits per heavy atom. The second-order valence-electron chi connectivity index (χ2n) is 8.05. The summed E-state index contributed by atoms with van der Waals surface area (Å²) in [4.78, 5) is 9.46. The number of nitrogens with zero attached hydrogens (tertiary/aromatic N) is 2. The first-order chi connectivity index (χ1) is 14.8. The van der Waals surface area contributed by atoms with Crippen LogP contribution in [0.4, 0.5) is 17.1 Å². The molecule has 0 radical (unpaired) electrons. The molecule has 4 heteroatoms. The number of anilines is 2. The summed E-state index contributed by atoms with van der Waals surface area (Å²) in [5, 5.41) is 6.82. The summed E-state index contributed by atoms with van der Waals surface area (Å²) in [5.74, 6) is 1.79. The third-order valence-electron chi connectivity index (χ3n) is 5.28. The van der Waals surface area contributed by atoms with Gasteiger partial charge in [-0.05, 0) is 81.5 Å². The first-order valence-corrected chi connectivity index (χ1v) is 10.7. The van der Waals surface area contributed by atoms with Gasteiger partial charge in [0.15, 0.2) is 0 Å². The van der Waals surface area contributed by atoms with Gasteiger partial charge in [-0.1, -0.05) is 48.5 Å². The number of amidine groups is 2. The standard InChI is InChI=1S/C27H32N4/c1-18-9-7-10-19(2)26(18)30-22(5)28-17-24-13-15-25(16-14-24)29-23(6)31-27-20(3)11-8-12-21(27)4/h7-16H,17H2,1-6H3,(H,28,30)(H,29,31). The minimum atomic E-state index is 0.638. The van der Waals surface area contributed by atoms with Crippen LogP contribution in [0.15, 0.2) is 70.6 Å². The molecule has 0 bridgehead atoms. The molecular weight excluding hydrogens is 380 g/mol.